The molecule has 0 saturated heterocycles. The largest absolute Gasteiger partial charge is 0.493 e. The molecule has 4 aromatic rings. The van der Waals surface area contributed by atoms with E-state index in [1.165, 1.54) is 6.33 Å². The van der Waals surface area contributed by atoms with E-state index in [0.29, 0.717) is 52.6 Å². The normalized spacial score (nSPS) is 16.5. The molecule has 0 radical (unpaired) electrons. The van der Waals surface area contributed by atoms with Crippen LogP contribution in [0.3, 0.4) is 0 Å². The minimum Gasteiger partial charge on any atom is -0.493 e. The summed E-state index contributed by atoms with van der Waals surface area (Å²) in [5.41, 5.74) is 4.67. The summed E-state index contributed by atoms with van der Waals surface area (Å²) in [7, 11) is 4.71. The number of halogens is 1. The third-order valence-corrected chi connectivity index (χ3v) is 8.99. The molecule has 3 heterocycles. The number of rotatable bonds is 15. The van der Waals surface area contributed by atoms with Gasteiger partial charge in [0, 0.05) is 25.2 Å². The van der Waals surface area contributed by atoms with Crippen LogP contribution in [-0.4, -0.2) is 73.0 Å². The molecule has 1 aliphatic carbocycles. The molecule has 12 nitrogen and oxygen atoms in total. The first kappa shape index (κ1) is 34.0. The first-order valence-corrected chi connectivity index (χ1v) is 16.8. The maximum absolute atomic E-state index is 14.2. The van der Waals surface area contributed by atoms with E-state index in [1.54, 1.807) is 33.9 Å². The molecule has 2 aromatic carbocycles. The smallest absolute Gasteiger partial charge is 0.314 e. The number of ether oxygens (including phenoxy) is 6. The zero-order chi connectivity index (χ0) is 34.3. The monoisotopic (exact) mass is 689 g/mol. The molecule has 49 heavy (non-hydrogen) atoms. The Morgan fingerprint density at radius 1 is 1.00 bits per heavy atom. The number of carbonyl (C=O) groups is 1. The zero-order valence-electron chi connectivity index (χ0n) is 28.1. The lowest BCUT2D eigenvalue weighted by Crippen LogP contribution is -2.31. The Morgan fingerprint density at radius 2 is 1.76 bits per heavy atom. The predicted octanol–water partition coefficient (Wildman–Crippen LogP) is 6.66. The van der Waals surface area contributed by atoms with Crippen molar-refractivity contribution in [2.75, 3.05) is 41.3 Å². The number of aromatic nitrogens is 4. The van der Waals surface area contributed by atoms with Crippen molar-refractivity contribution < 1.29 is 33.2 Å². The molecule has 0 bridgehead atoms. The fourth-order valence-corrected chi connectivity index (χ4v) is 6.54. The Kier molecular flexibility index (Phi) is 10.8. The Morgan fingerprint density at radius 3 is 2.49 bits per heavy atom. The van der Waals surface area contributed by atoms with Crippen LogP contribution in [0.1, 0.15) is 61.6 Å². The molecule has 0 saturated carbocycles. The van der Waals surface area contributed by atoms with Crippen molar-refractivity contribution in [1.82, 2.24) is 19.5 Å². The summed E-state index contributed by atoms with van der Waals surface area (Å²) in [6.07, 6.45) is 11.3. The fourth-order valence-electron chi connectivity index (χ4n) is 6.37. The van der Waals surface area contributed by atoms with Crippen molar-refractivity contribution in [3.05, 3.63) is 64.3 Å². The van der Waals surface area contributed by atoms with E-state index >= 15 is 0 Å². The second-order valence-corrected chi connectivity index (χ2v) is 12.1. The molecule has 0 fully saturated rings. The topological polar surface area (TPSA) is 128 Å². The Balaban J connectivity index is 1.22. The van der Waals surface area contributed by atoms with E-state index in [2.05, 4.69) is 26.9 Å². The number of aliphatic imine (C=N–C) groups is 1. The number of hydrogen-bond donors (Lipinski definition) is 0. The zero-order valence-corrected chi connectivity index (χ0v) is 28.9. The summed E-state index contributed by atoms with van der Waals surface area (Å²) in [4.78, 5) is 31.5. The molecule has 6 rings (SSSR count). The molecule has 2 aromatic heterocycles. The van der Waals surface area contributed by atoms with Crippen LogP contribution >= 0.6 is 11.6 Å². The van der Waals surface area contributed by atoms with Crippen LogP contribution in [0.25, 0.3) is 17.2 Å². The maximum atomic E-state index is 14.2. The average molecular weight is 690 g/mol. The van der Waals surface area contributed by atoms with Crippen molar-refractivity contribution in [2.45, 2.75) is 51.5 Å². The fraction of sp³-hybridized carbons (Fsp3) is 0.417. The molecule has 258 valence electrons. The number of fused-ring (bicyclic) bond motifs is 3. The first-order chi connectivity index (χ1) is 24.0. The number of unbranched alkanes of at least 4 members (excludes halogenated alkanes) is 3. The second kappa shape index (κ2) is 15.6. The van der Waals surface area contributed by atoms with Crippen LogP contribution in [-0.2, 0) is 16.1 Å². The minimum atomic E-state index is -0.695. The Labute approximate surface area is 290 Å². The predicted molar refractivity (Wildman–Crippen MR) is 185 cm³/mol. The molecule has 2 aliphatic rings. The van der Waals surface area contributed by atoms with Crippen molar-refractivity contribution in [3.63, 3.8) is 0 Å². The van der Waals surface area contributed by atoms with Gasteiger partial charge in [0.1, 0.15) is 11.8 Å². The maximum Gasteiger partial charge on any atom is 0.314 e. The standard InChI is InChI=1S/C36H40ClN5O7/c1-5-10-38-18-24-13-22-14-26-27(49-21-48-26)17-25(22)30(23-15-28(44-2)33(46-4)29(16-23)45-3)31(24)36(43)47-12-9-7-6-8-11-42-20-41-32-34(37)39-19-40-35(32)42/h13-20,30-31H,5-12,21H2,1-4H3/t30-,31-/m1/s1. The number of nitrogens with zero attached hydrogens (tertiary/aromatic N) is 5. The highest BCUT2D eigenvalue weighted by Crippen LogP contribution is 2.50. The van der Waals surface area contributed by atoms with Gasteiger partial charge < -0.3 is 33.0 Å². The minimum absolute atomic E-state index is 0.134. The van der Waals surface area contributed by atoms with Crippen molar-refractivity contribution >= 4 is 41.0 Å². The number of carbonyl (C=O) groups excluding carboxylic acids is 1. The lowest BCUT2D eigenvalue weighted by Gasteiger charge is -2.33. The summed E-state index contributed by atoms with van der Waals surface area (Å²) >= 11 is 6.14. The van der Waals surface area contributed by atoms with Gasteiger partial charge in [-0.15, -0.1) is 0 Å². The lowest BCUT2D eigenvalue weighted by molar-refractivity contribution is -0.147. The number of benzene rings is 2. The van der Waals surface area contributed by atoms with Gasteiger partial charge in [0.25, 0.3) is 0 Å². The molecule has 13 heteroatoms. The average Bonchev–Trinajstić information content (AvgIpc) is 3.76. The highest BCUT2D eigenvalue weighted by atomic mass is 35.5. The summed E-state index contributed by atoms with van der Waals surface area (Å²) in [5.74, 6) is 1.22. The van der Waals surface area contributed by atoms with Crippen LogP contribution in [0.2, 0.25) is 5.15 Å². The van der Waals surface area contributed by atoms with E-state index in [9.17, 15) is 4.79 Å². The van der Waals surface area contributed by atoms with Crippen LogP contribution in [0, 0.1) is 5.92 Å². The van der Waals surface area contributed by atoms with Gasteiger partial charge in [0.2, 0.25) is 12.5 Å². The van der Waals surface area contributed by atoms with E-state index in [-0.39, 0.29) is 12.8 Å². The molecule has 1 aliphatic heterocycles. The van der Waals surface area contributed by atoms with Gasteiger partial charge in [-0.3, -0.25) is 9.79 Å². The third-order valence-electron chi connectivity index (χ3n) is 8.72. The number of imidazole rings is 1. The quantitative estimate of drug-likeness (QED) is 0.0578. The van der Waals surface area contributed by atoms with Gasteiger partial charge >= 0.3 is 5.97 Å². The number of aryl methyl sites for hydroxylation is 1. The van der Waals surface area contributed by atoms with E-state index in [4.69, 9.17) is 40.0 Å². The van der Waals surface area contributed by atoms with Gasteiger partial charge in [0.15, 0.2) is 33.8 Å². The van der Waals surface area contributed by atoms with Crippen molar-refractivity contribution in [3.8, 4) is 28.7 Å². The van der Waals surface area contributed by atoms with Gasteiger partial charge in [-0.1, -0.05) is 24.9 Å². The van der Waals surface area contributed by atoms with E-state index in [1.807, 2.05) is 34.9 Å². The number of esters is 1. The molecule has 0 spiro atoms. The SMILES string of the molecule is CCCN=CC1=Cc2cc3c(cc2[C@@H](c2cc(OC)c(OC)c(OC)c2)[C@@H]1C(=O)OCCCCCCn1cnc2c(Cl)ncnc21)OCO3. The van der Waals surface area contributed by atoms with E-state index in [0.717, 1.165) is 66.6 Å². The van der Waals surface area contributed by atoms with Gasteiger partial charge in [-0.2, -0.15) is 0 Å². The summed E-state index contributed by atoms with van der Waals surface area (Å²) in [5, 5.41) is 0.348. The van der Waals surface area contributed by atoms with Gasteiger partial charge in [0.05, 0.1) is 40.2 Å². The molecular weight excluding hydrogens is 650 g/mol. The van der Waals surface area contributed by atoms with Gasteiger partial charge in [-0.25, -0.2) is 15.0 Å². The summed E-state index contributed by atoms with van der Waals surface area (Å²) in [6.45, 7) is 3.88. The summed E-state index contributed by atoms with van der Waals surface area (Å²) < 4.78 is 36.5. The Hall–Kier alpha value is -4.84. The van der Waals surface area contributed by atoms with Crippen molar-refractivity contribution in [2.24, 2.45) is 10.9 Å². The highest BCUT2D eigenvalue weighted by molar-refractivity contribution is 6.33. The van der Waals surface area contributed by atoms with Gasteiger partial charge in [-0.05, 0) is 78.3 Å². The van der Waals surface area contributed by atoms with Crippen LogP contribution < -0.4 is 23.7 Å². The third kappa shape index (κ3) is 7.15. The van der Waals surface area contributed by atoms with E-state index < -0.39 is 11.8 Å². The van der Waals surface area contributed by atoms with Crippen LogP contribution in [0.5, 0.6) is 28.7 Å². The highest BCUT2D eigenvalue weighted by Gasteiger charge is 2.40. The molecule has 0 N–H and O–H groups in total. The van der Waals surface area contributed by atoms with Crippen molar-refractivity contribution in [1.29, 1.82) is 0 Å². The number of hydrogen-bond acceptors (Lipinski definition) is 11. The first-order valence-electron chi connectivity index (χ1n) is 16.4. The lowest BCUT2D eigenvalue weighted by atomic mass is 9.71. The van der Waals surface area contributed by atoms with Crippen LogP contribution in [0.4, 0.5) is 0 Å². The summed E-state index contributed by atoms with van der Waals surface area (Å²) in [6, 6.07) is 7.67. The molecule has 0 unspecified atom stereocenters. The van der Waals surface area contributed by atoms with Crippen LogP contribution in [0.15, 0.2) is 47.5 Å². The molecule has 2 atom stereocenters. The Bertz CT molecular complexity index is 1850. The molecular formula is C36H40ClN5O7. The molecule has 0 amide bonds. The second-order valence-electron chi connectivity index (χ2n) is 11.8. The number of methoxy groups -OCH3 is 3.